The molecule has 0 aliphatic rings. The van der Waals surface area contributed by atoms with Crippen molar-refractivity contribution >= 4 is 38.2 Å². The van der Waals surface area contributed by atoms with Crippen LogP contribution in [0.5, 0.6) is 0 Å². The number of aliphatic hydroxyl groups is 1. The molecule has 3 rings (SSSR count). The minimum Gasteiger partial charge on any atom is -0.383 e. The number of aliphatic hydroxyl groups excluding tert-OH is 1. The second kappa shape index (κ2) is 5.00. The molecule has 0 saturated carbocycles. The first-order chi connectivity index (χ1) is 9.15. The summed E-state index contributed by atoms with van der Waals surface area (Å²) in [5, 5.41) is 11.4. The smallest absolute Gasteiger partial charge is 0.123 e. The maximum atomic E-state index is 10.4. The lowest BCUT2D eigenvalue weighted by Crippen LogP contribution is -1.98. The number of aromatic nitrogens is 2. The number of nitrogens with zero attached hydrogens (tertiary/aromatic N) is 2. The van der Waals surface area contributed by atoms with Crippen LogP contribution in [0.1, 0.15) is 22.2 Å². The van der Waals surface area contributed by atoms with Crippen molar-refractivity contribution in [2.75, 3.05) is 0 Å². The van der Waals surface area contributed by atoms with Gasteiger partial charge in [-0.15, -0.1) is 11.3 Å². The number of hydrogen-bond acceptors (Lipinski definition) is 4. The molecule has 1 unspecified atom stereocenters. The summed E-state index contributed by atoms with van der Waals surface area (Å²) in [6.07, 6.45) is -0.660. The SMILES string of the molecule is Cc1ccc2cc(C(O)c3scnc3Br)ccc2n1. The Bertz CT molecular complexity index is 741. The molecule has 96 valence electrons. The lowest BCUT2D eigenvalue weighted by molar-refractivity contribution is 0.223. The van der Waals surface area contributed by atoms with Gasteiger partial charge in [-0.3, -0.25) is 4.98 Å². The van der Waals surface area contributed by atoms with Crippen molar-refractivity contribution < 1.29 is 5.11 Å². The highest BCUT2D eigenvalue weighted by Crippen LogP contribution is 2.32. The number of fused-ring (bicyclic) bond motifs is 1. The van der Waals surface area contributed by atoms with Gasteiger partial charge in [0.15, 0.2) is 0 Å². The monoisotopic (exact) mass is 334 g/mol. The van der Waals surface area contributed by atoms with Crippen LogP contribution in [0, 0.1) is 6.92 Å². The molecule has 0 amide bonds. The zero-order valence-electron chi connectivity index (χ0n) is 10.2. The van der Waals surface area contributed by atoms with Crippen LogP contribution in [-0.2, 0) is 0 Å². The third-order valence-electron chi connectivity index (χ3n) is 2.97. The highest BCUT2D eigenvalue weighted by Gasteiger charge is 2.16. The summed E-state index contributed by atoms with van der Waals surface area (Å²) in [5.74, 6) is 0. The lowest BCUT2D eigenvalue weighted by atomic mass is 10.1. The Morgan fingerprint density at radius 1 is 1.26 bits per heavy atom. The summed E-state index contributed by atoms with van der Waals surface area (Å²) in [5.41, 5.74) is 4.50. The minimum atomic E-state index is -0.660. The van der Waals surface area contributed by atoms with E-state index in [1.165, 1.54) is 11.3 Å². The fraction of sp³-hybridized carbons (Fsp3) is 0.143. The fourth-order valence-electron chi connectivity index (χ4n) is 1.99. The molecule has 2 heterocycles. The molecule has 3 nitrogen and oxygen atoms in total. The Morgan fingerprint density at radius 2 is 2.11 bits per heavy atom. The van der Waals surface area contributed by atoms with E-state index in [1.807, 2.05) is 37.3 Å². The van der Waals surface area contributed by atoms with Gasteiger partial charge in [0.25, 0.3) is 0 Å². The number of aryl methyl sites for hydroxylation is 1. The Balaban J connectivity index is 2.06. The molecule has 0 bridgehead atoms. The van der Waals surface area contributed by atoms with Crippen molar-refractivity contribution in [3.05, 3.63) is 56.6 Å². The Labute approximate surface area is 123 Å². The number of rotatable bonds is 2. The van der Waals surface area contributed by atoms with E-state index in [1.54, 1.807) is 5.51 Å². The average molecular weight is 335 g/mol. The number of thiazole rings is 1. The molecule has 19 heavy (non-hydrogen) atoms. The van der Waals surface area contributed by atoms with Crippen LogP contribution in [0.15, 0.2) is 40.4 Å². The molecule has 3 aromatic rings. The van der Waals surface area contributed by atoms with Crippen molar-refractivity contribution in [3.63, 3.8) is 0 Å². The van der Waals surface area contributed by atoms with E-state index in [0.29, 0.717) is 4.60 Å². The van der Waals surface area contributed by atoms with Gasteiger partial charge in [-0.1, -0.05) is 12.1 Å². The minimum absolute atomic E-state index is 0.660. The highest BCUT2D eigenvalue weighted by molar-refractivity contribution is 9.10. The second-order valence-electron chi connectivity index (χ2n) is 4.31. The topological polar surface area (TPSA) is 46.0 Å². The van der Waals surface area contributed by atoms with Gasteiger partial charge in [0, 0.05) is 11.1 Å². The van der Waals surface area contributed by atoms with Crippen LogP contribution in [0.4, 0.5) is 0 Å². The molecule has 5 heteroatoms. The van der Waals surface area contributed by atoms with Crippen molar-refractivity contribution in [2.24, 2.45) is 0 Å². The van der Waals surface area contributed by atoms with Gasteiger partial charge in [-0.05, 0) is 46.6 Å². The van der Waals surface area contributed by atoms with E-state index in [0.717, 1.165) is 27.0 Å². The van der Waals surface area contributed by atoms with Crippen LogP contribution in [-0.4, -0.2) is 15.1 Å². The summed E-state index contributed by atoms with van der Waals surface area (Å²) < 4.78 is 0.701. The predicted octanol–water partition coefficient (Wildman–Crippen LogP) is 3.84. The summed E-state index contributed by atoms with van der Waals surface area (Å²) >= 11 is 4.79. The van der Waals surface area contributed by atoms with E-state index >= 15 is 0 Å². The van der Waals surface area contributed by atoms with Gasteiger partial charge < -0.3 is 5.11 Å². The Morgan fingerprint density at radius 3 is 2.84 bits per heavy atom. The quantitative estimate of drug-likeness (QED) is 0.774. The lowest BCUT2D eigenvalue weighted by Gasteiger charge is -2.10. The molecule has 0 aliphatic heterocycles. The van der Waals surface area contributed by atoms with Gasteiger partial charge in [0.05, 0.1) is 15.9 Å². The van der Waals surface area contributed by atoms with Crippen molar-refractivity contribution in [2.45, 2.75) is 13.0 Å². The fourth-order valence-corrected chi connectivity index (χ4v) is 3.41. The molecule has 0 saturated heterocycles. The maximum absolute atomic E-state index is 10.4. The molecule has 0 fully saturated rings. The van der Waals surface area contributed by atoms with Crippen LogP contribution >= 0.6 is 27.3 Å². The van der Waals surface area contributed by atoms with Crippen LogP contribution in [0.2, 0.25) is 0 Å². The average Bonchev–Trinajstić information content (AvgIpc) is 2.83. The molecule has 1 atom stereocenters. The van der Waals surface area contributed by atoms with Gasteiger partial charge in [0.2, 0.25) is 0 Å². The van der Waals surface area contributed by atoms with E-state index in [2.05, 4.69) is 25.9 Å². The van der Waals surface area contributed by atoms with Crippen LogP contribution in [0.25, 0.3) is 10.9 Å². The standard InChI is InChI=1S/C14H11BrN2OS/c1-8-2-3-9-6-10(4-5-11(9)17-8)12(18)13-14(15)16-7-19-13/h2-7,12,18H,1H3. The van der Waals surface area contributed by atoms with Crippen molar-refractivity contribution in [1.29, 1.82) is 0 Å². The number of pyridine rings is 1. The first kappa shape index (κ1) is 12.7. The summed E-state index contributed by atoms with van der Waals surface area (Å²) in [4.78, 5) is 9.37. The van der Waals surface area contributed by atoms with E-state index in [9.17, 15) is 5.11 Å². The molecule has 1 aromatic carbocycles. The second-order valence-corrected chi connectivity index (χ2v) is 5.95. The Kier molecular flexibility index (Phi) is 3.35. The van der Waals surface area contributed by atoms with Gasteiger partial charge in [-0.2, -0.15) is 0 Å². The molecule has 2 aromatic heterocycles. The van der Waals surface area contributed by atoms with Crippen molar-refractivity contribution in [1.82, 2.24) is 9.97 Å². The normalized spacial score (nSPS) is 12.8. The number of benzene rings is 1. The van der Waals surface area contributed by atoms with Crippen LogP contribution in [0.3, 0.4) is 0 Å². The first-order valence-corrected chi connectivity index (χ1v) is 7.46. The van der Waals surface area contributed by atoms with E-state index < -0.39 is 6.10 Å². The zero-order valence-corrected chi connectivity index (χ0v) is 12.6. The molecule has 1 N–H and O–H groups in total. The third-order valence-corrected chi connectivity index (χ3v) is 4.74. The largest absolute Gasteiger partial charge is 0.383 e. The maximum Gasteiger partial charge on any atom is 0.123 e. The molecular formula is C14H11BrN2OS. The summed E-state index contributed by atoms with van der Waals surface area (Å²) in [6, 6.07) is 9.82. The van der Waals surface area contributed by atoms with Crippen LogP contribution < -0.4 is 0 Å². The molecular weight excluding hydrogens is 324 g/mol. The van der Waals surface area contributed by atoms with Crippen molar-refractivity contribution in [3.8, 4) is 0 Å². The van der Waals surface area contributed by atoms with Gasteiger partial charge in [0.1, 0.15) is 10.7 Å². The van der Waals surface area contributed by atoms with E-state index in [-0.39, 0.29) is 0 Å². The summed E-state index contributed by atoms with van der Waals surface area (Å²) in [6.45, 7) is 1.97. The van der Waals surface area contributed by atoms with Gasteiger partial charge >= 0.3 is 0 Å². The zero-order chi connectivity index (χ0) is 13.4. The Hall–Kier alpha value is -1.30. The third kappa shape index (κ3) is 2.41. The summed E-state index contributed by atoms with van der Waals surface area (Å²) in [7, 11) is 0. The first-order valence-electron chi connectivity index (χ1n) is 5.79. The predicted molar refractivity (Wildman–Crippen MR) is 80.4 cm³/mol. The highest BCUT2D eigenvalue weighted by atomic mass is 79.9. The number of hydrogen-bond donors (Lipinski definition) is 1. The van der Waals surface area contributed by atoms with Gasteiger partial charge in [-0.25, -0.2) is 4.98 Å². The molecule has 0 spiro atoms. The van der Waals surface area contributed by atoms with E-state index in [4.69, 9.17) is 0 Å². The molecule has 0 aliphatic carbocycles. The molecule has 0 radical (unpaired) electrons. The number of halogens is 1.